The maximum Gasteiger partial charge on any atom is 0.169 e. The van der Waals surface area contributed by atoms with Gasteiger partial charge in [0.15, 0.2) is 5.16 Å². The molecule has 0 spiro atoms. The van der Waals surface area contributed by atoms with Gasteiger partial charge in [-0.05, 0) is 24.1 Å². The normalized spacial score (nSPS) is 24.9. The number of aromatic nitrogens is 2. The van der Waals surface area contributed by atoms with E-state index in [2.05, 4.69) is 0 Å². The van der Waals surface area contributed by atoms with E-state index in [1.54, 1.807) is 23.9 Å². The van der Waals surface area contributed by atoms with Crippen LogP contribution >= 0.6 is 35.0 Å². The number of aliphatic hydroxyl groups excluding tert-OH is 3. The summed E-state index contributed by atoms with van der Waals surface area (Å²) in [4.78, 5) is 4.71. The predicted octanol–water partition coefficient (Wildman–Crippen LogP) is 3.91. The molecule has 0 radical (unpaired) electrons. The number of rotatable bonds is 5. The monoisotopic (exact) mass is 438 g/mol. The highest BCUT2D eigenvalue weighted by atomic mass is 35.5. The van der Waals surface area contributed by atoms with Crippen molar-refractivity contribution in [3.63, 3.8) is 0 Å². The van der Waals surface area contributed by atoms with Crippen LogP contribution in [0.2, 0.25) is 10.0 Å². The van der Waals surface area contributed by atoms with Crippen LogP contribution in [0.25, 0.3) is 11.0 Å². The Morgan fingerprint density at radius 3 is 2.46 bits per heavy atom. The summed E-state index contributed by atoms with van der Waals surface area (Å²) in [6.45, 7) is -0.180. The molecule has 4 atom stereocenters. The van der Waals surface area contributed by atoms with E-state index in [0.29, 0.717) is 32.9 Å². The highest BCUT2D eigenvalue weighted by Crippen LogP contribution is 2.41. The third-order valence-corrected chi connectivity index (χ3v) is 6.99. The van der Waals surface area contributed by atoms with E-state index in [-0.39, 0.29) is 12.5 Å². The van der Waals surface area contributed by atoms with Gasteiger partial charge in [0.05, 0.1) is 33.2 Å². The lowest BCUT2D eigenvalue weighted by molar-refractivity contribution is -0.00446. The molecule has 1 aliphatic carbocycles. The molecule has 148 valence electrons. The minimum atomic E-state index is -1.000. The SMILES string of the molecule is OCC1CC(n2c(SCc3ccccc3)nc3cc(Cl)c(Cl)cc32)C(O)C1O. The molecule has 0 saturated heterocycles. The van der Waals surface area contributed by atoms with Crippen LogP contribution in [0.3, 0.4) is 0 Å². The van der Waals surface area contributed by atoms with Crippen molar-refractivity contribution in [3.05, 3.63) is 58.1 Å². The number of hydrogen-bond donors (Lipinski definition) is 3. The predicted molar refractivity (Wildman–Crippen MR) is 112 cm³/mol. The van der Waals surface area contributed by atoms with E-state index >= 15 is 0 Å². The third-order valence-electron chi connectivity index (χ3n) is 5.25. The van der Waals surface area contributed by atoms with Gasteiger partial charge in [0.25, 0.3) is 0 Å². The number of thioether (sulfide) groups is 1. The van der Waals surface area contributed by atoms with Crippen LogP contribution in [0, 0.1) is 5.92 Å². The zero-order valence-corrected chi connectivity index (χ0v) is 17.2. The molecular formula is C20H20Cl2N2O3S. The van der Waals surface area contributed by atoms with Crippen molar-refractivity contribution >= 4 is 46.0 Å². The lowest BCUT2D eigenvalue weighted by Crippen LogP contribution is -2.30. The van der Waals surface area contributed by atoms with E-state index in [4.69, 9.17) is 28.2 Å². The Morgan fingerprint density at radius 2 is 1.79 bits per heavy atom. The summed E-state index contributed by atoms with van der Waals surface area (Å²) >= 11 is 14.0. The van der Waals surface area contributed by atoms with Crippen molar-refractivity contribution in [1.82, 2.24) is 9.55 Å². The Kier molecular flexibility index (Phi) is 5.88. The first-order valence-corrected chi connectivity index (χ1v) is 10.7. The molecular weight excluding hydrogens is 419 g/mol. The van der Waals surface area contributed by atoms with Gasteiger partial charge in [0.1, 0.15) is 6.10 Å². The van der Waals surface area contributed by atoms with Gasteiger partial charge in [-0.3, -0.25) is 0 Å². The van der Waals surface area contributed by atoms with E-state index < -0.39 is 18.2 Å². The molecule has 4 rings (SSSR count). The van der Waals surface area contributed by atoms with Crippen molar-refractivity contribution in [3.8, 4) is 0 Å². The van der Waals surface area contributed by atoms with Crippen molar-refractivity contribution in [2.45, 2.75) is 35.6 Å². The summed E-state index contributed by atoms with van der Waals surface area (Å²) in [7, 11) is 0. The summed E-state index contributed by atoms with van der Waals surface area (Å²) in [5, 5.41) is 32.0. The lowest BCUT2D eigenvalue weighted by atomic mass is 10.1. The Labute approximate surface area is 176 Å². The van der Waals surface area contributed by atoms with Crippen LogP contribution in [0.15, 0.2) is 47.6 Å². The number of imidazole rings is 1. The van der Waals surface area contributed by atoms with Gasteiger partial charge in [-0.1, -0.05) is 65.3 Å². The second-order valence-corrected chi connectivity index (χ2v) is 8.78. The van der Waals surface area contributed by atoms with Gasteiger partial charge in [0, 0.05) is 18.3 Å². The third kappa shape index (κ3) is 3.65. The van der Waals surface area contributed by atoms with E-state index in [0.717, 1.165) is 11.1 Å². The van der Waals surface area contributed by atoms with Crippen LogP contribution in [-0.2, 0) is 5.75 Å². The number of aliphatic hydroxyl groups is 3. The number of nitrogens with zero attached hydrogens (tertiary/aromatic N) is 2. The molecule has 2 aromatic carbocycles. The molecule has 4 unspecified atom stereocenters. The van der Waals surface area contributed by atoms with Crippen LogP contribution < -0.4 is 0 Å². The number of hydrogen-bond acceptors (Lipinski definition) is 5. The summed E-state index contributed by atoms with van der Waals surface area (Å²) < 4.78 is 1.93. The molecule has 3 N–H and O–H groups in total. The van der Waals surface area contributed by atoms with E-state index in [9.17, 15) is 15.3 Å². The molecule has 0 bridgehead atoms. The molecule has 28 heavy (non-hydrogen) atoms. The minimum absolute atomic E-state index is 0.180. The molecule has 5 nitrogen and oxygen atoms in total. The van der Waals surface area contributed by atoms with Crippen molar-refractivity contribution in [2.24, 2.45) is 5.92 Å². The summed E-state index contributed by atoms with van der Waals surface area (Å²) in [6.07, 6.45) is -1.54. The Balaban J connectivity index is 1.76. The number of fused-ring (bicyclic) bond motifs is 1. The topological polar surface area (TPSA) is 78.5 Å². The first-order chi connectivity index (χ1) is 13.5. The first kappa shape index (κ1) is 20.0. The Hall–Kier alpha value is -1.28. The second-order valence-electron chi connectivity index (χ2n) is 7.02. The van der Waals surface area contributed by atoms with E-state index in [1.165, 1.54) is 0 Å². The van der Waals surface area contributed by atoms with Gasteiger partial charge >= 0.3 is 0 Å². The first-order valence-electron chi connectivity index (χ1n) is 9.00. The van der Waals surface area contributed by atoms with Gasteiger partial charge in [-0.25, -0.2) is 4.98 Å². The molecule has 1 aromatic heterocycles. The quantitative estimate of drug-likeness (QED) is 0.526. The highest BCUT2D eigenvalue weighted by Gasteiger charge is 2.43. The minimum Gasteiger partial charge on any atom is -0.396 e. The Morgan fingerprint density at radius 1 is 1.07 bits per heavy atom. The van der Waals surface area contributed by atoms with Crippen molar-refractivity contribution in [1.29, 1.82) is 0 Å². The van der Waals surface area contributed by atoms with E-state index in [1.807, 2.05) is 34.9 Å². The fraction of sp³-hybridized carbons (Fsp3) is 0.350. The summed E-state index contributed by atoms with van der Waals surface area (Å²) in [5.74, 6) is 0.327. The molecule has 1 aliphatic rings. The summed E-state index contributed by atoms with van der Waals surface area (Å²) in [6, 6.07) is 13.1. The van der Waals surface area contributed by atoms with Crippen LogP contribution in [0.5, 0.6) is 0 Å². The average molecular weight is 439 g/mol. The second kappa shape index (κ2) is 8.22. The molecule has 0 aliphatic heterocycles. The smallest absolute Gasteiger partial charge is 0.169 e. The molecule has 1 saturated carbocycles. The summed E-state index contributed by atoms with van der Waals surface area (Å²) in [5.41, 5.74) is 2.58. The van der Waals surface area contributed by atoms with Crippen molar-refractivity contribution in [2.75, 3.05) is 6.61 Å². The fourth-order valence-electron chi connectivity index (χ4n) is 3.75. The number of benzene rings is 2. The largest absolute Gasteiger partial charge is 0.396 e. The van der Waals surface area contributed by atoms with Gasteiger partial charge in [-0.2, -0.15) is 0 Å². The maximum atomic E-state index is 10.6. The van der Waals surface area contributed by atoms with Gasteiger partial charge < -0.3 is 19.9 Å². The maximum absolute atomic E-state index is 10.6. The van der Waals surface area contributed by atoms with Gasteiger partial charge in [-0.15, -0.1) is 0 Å². The van der Waals surface area contributed by atoms with Crippen LogP contribution in [0.1, 0.15) is 18.0 Å². The zero-order valence-electron chi connectivity index (χ0n) is 14.9. The van der Waals surface area contributed by atoms with Gasteiger partial charge in [0.2, 0.25) is 0 Å². The molecule has 3 aromatic rings. The number of halogens is 2. The fourth-order valence-corrected chi connectivity index (χ4v) is 5.09. The molecule has 8 heteroatoms. The van der Waals surface area contributed by atoms with Crippen LogP contribution in [-0.4, -0.2) is 43.7 Å². The zero-order chi connectivity index (χ0) is 19.8. The van der Waals surface area contributed by atoms with Crippen molar-refractivity contribution < 1.29 is 15.3 Å². The Bertz CT molecular complexity index is 982. The molecule has 1 heterocycles. The molecule has 0 amide bonds. The molecule has 1 fully saturated rings. The highest BCUT2D eigenvalue weighted by molar-refractivity contribution is 7.98. The van der Waals surface area contributed by atoms with Crippen LogP contribution in [0.4, 0.5) is 0 Å². The lowest BCUT2D eigenvalue weighted by Gasteiger charge is -2.21. The average Bonchev–Trinajstić information content (AvgIpc) is 3.18. The standard InChI is InChI=1S/C20H20Cl2N2O3S/c21-13-7-15-16(8-14(13)22)24(17-6-12(9-25)18(26)19(17)27)20(23-15)28-10-11-4-2-1-3-5-11/h1-5,7-8,12,17-19,25-27H,6,9-10H2.